The second-order valence-electron chi connectivity index (χ2n) is 14.1. The van der Waals surface area contributed by atoms with Gasteiger partial charge in [0.1, 0.15) is 30.4 Å². The molecule has 0 saturated heterocycles. The highest BCUT2D eigenvalue weighted by molar-refractivity contribution is 6.03. The number of aryl methyl sites for hydroxylation is 1. The molecule has 1 aromatic carbocycles. The Labute approximate surface area is 281 Å². The number of benzene rings is 1. The zero-order valence-electron chi connectivity index (χ0n) is 28.2. The van der Waals surface area contributed by atoms with Crippen molar-refractivity contribution in [1.82, 2.24) is 5.32 Å². The molecule has 8 N–H and O–H groups in total. The Hall–Kier alpha value is -2.53. The maximum atomic E-state index is 11.2. The third-order valence-corrected chi connectivity index (χ3v) is 10.5. The van der Waals surface area contributed by atoms with Crippen LogP contribution in [0.1, 0.15) is 89.5 Å². The van der Waals surface area contributed by atoms with Crippen molar-refractivity contribution in [3.05, 3.63) is 59.2 Å². The maximum Gasteiger partial charge on any atom is 0.208 e. The van der Waals surface area contributed by atoms with Gasteiger partial charge in [0.2, 0.25) is 5.70 Å². The van der Waals surface area contributed by atoms with E-state index in [1.54, 1.807) is 13.0 Å². The van der Waals surface area contributed by atoms with Gasteiger partial charge in [-0.05, 0) is 81.5 Å². The Kier molecular flexibility index (Phi) is 13.5. The standard InChI is InChI=1S/C38H57N3O6/c1-25(43)21-40-22-32-30-9-7-8-27(30)13-15-33-31(32)20-34(41-33)36(45)24-46-38-18-26(12-16-35(38)44)11-14-29-19-28(23-42)37(47-29)10-5-3-2-4-6-17-39/h12,16,18-20,25,27,30,32,36-37,40,42-43,45,47H,2-11,13-15,17,21-24,39H2,1H3/p+1/t25-,27+,30-,32-,36-,37?/m0/s1. The van der Waals surface area contributed by atoms with Crippen molar-refractivity contribution in [3.63, 3.8) is 0 Å². The molecule has 0 spiro atoms. The summed E-state index contributed by atoms with van der Waals surface area (Å²) in [7, 11) is 0. The van der Waals surface area contributed by atoms with Gasteiger partial charge in [-0.3, -0.25) is 0 Å². The van der Waals surface area contributed by atoms with Gasteiger partial charge in [0.05, 0.1) is 18.1 Å². The quantitative estimate of drug-likeness (QED) is 0.0734. The molecule has 2 aliphatic heterocycles. The monoisotopic (exact) mass is 652 g/mol. The van der Waals surface area contributed by atoms with Gasteiger partial charge >= 0.3 is 0 Å². The lowest BCUT2D eigenvalue weighted by atomic mass is 9.77. The number of phenolic OH excluding ortho intramolecular Hbond substituents is 1. The first-order valence-electron chi connectivity index (χ1n) is 18.1. The number of aromatic hydroxyl groups is 1. The van der Waals surface area contributed by atoms with Crippen LogP contribution in [0, 0.1) is 29.8 Å². The molecule has 47 heavy (non-hydrogen) atoms. The Balaban J connectivity index is 1.12. The summed E-state index contributed by atoms with van der Waals surface area (Å²) in [5.74, 6) is 3.25. The number of allylic oxidation sites excluding steroid dienone is 1. The van der Waals surface area contributed by atoms with E-state index in [0.29, 0.717) is 35.7 Å². The molecular weight excluding hydrogens is 594 g/mol. The van der Waals surface area contributed by atoms with Gasteiger partial charge in [-0.25, -0.2) is 0 Å². The van der Waals surface area contributed by atoms with E-state index in [2.05, 4.69) is 11.4 Å². The predicted octanol–water partition coefficient (Wildman–Crippen LogP) is 4.43. The maximum absolute atomic E-state index is 11.2. The number of nitrogens with one attached hydrogen (secondary N) is 1. The zero-order valence-corrected chi connectivity index (χ0v) is 28.2. The van der Waals surface area contributed by atoms with Crippen LogP contribution < -0.4 is 15.8 Å². The molecule has 2 fully saturated rings. The predicted molar refractivity (Wildman–Crippen MR) is 186 cm³/mol. The van der Waals surface area contributed by atoms with Crippen LogP contribution >= 0.6 is 0 Å². The number of nitrogens with two attached hydrogens (primary N) is 1. The lowest BCUT2D eigenvalue weighted by molar-refractivity contribution is -0.0552. The average molecular weight is 653 g/mol. The van der Waals surface area contributed by atoms with Gasteiger partial charge in [0.15, 0.2) is 17.6 Å². The molecule has 9 heteroatoms. The fourth-order valence-corrected chi connectivity index (χ4v) is 7.94. The van der Waals surface area contributed by atoms with Gasteiger partial charge in [-0.2, -0.15) is 0 Å². The highest BCUT2D eigenvalue weighted by Gasteiger charge is 2.49. The number of hydrogen-bond donors (Lipinski definition) is 6. The third-order valence-electron chi connectivity index (χ3n) is 10.5. The number of aliphatic imine (C=N–C) groups is 1. The highest BCUT2D eigenvalue weighted by atomic mass is 16.5. The zero-order chi connectivity index (χ0) is 33.2. The van der Waals surface area contributed by atoms with E-state index in [1.807, 2.05) is 18.2 Å². The number of aliphatic hydroxyl groups is 5. The smallest absolute Gasteiger partial charge is 0.208 e. The topological polar surface area (TPSA) is 153 Å². The summed E-state index contributed by atoms with van der Waals surface area (Å²) in [4.78, 5) is 4.90. The van der Waals surface area contributed by atoms with Gasteiger partial charge < -0.3 is 41.0 Å². The number of unbranched alkanes of at least 4 members (excludes halogenated alkanes) is 4. The molecular formula is C38H58N3O6+. The molecule has 0 bridgehead atoms. The van der Waals surface area contributed by atoms with Crippen LogP contribution in [-0.4, -0.2) is 82.0 Å². The summed E-state index contributed by atoms with van der Waals surface area (Å²) in [5.41, 5.74) is 9.30. The van der Waals surface area contributed by atoms with Crippen LogP contribution in [0.2, 0.25) is 0 Å². The summed E-state index contributed by atoms with van der Waals surface area (Å²) >= 11 is 0. The van der Waals surface area contributed by atoms with E-state index in [4.69, 9.17) is 20.2 Å². The Morgan fingerprint density at radius 1 is 1.15 bits per heavy atom. The van der Waals surface area contributed by atoms with Crippen LogP contribution in [0.4, 0.5) is 0 Å². The molecule has 0 amide bonds. The molecule has 0 aromatic heterocycles. The number of phenols is 1. The minimum Gasteiger partial charge on any atom is -0.504 e. The van der Waals surface area contributed by atoms with Crippen molar-refractivity contribution in [2.24, 2.45) is 28.5 Å². The van der Waals surface area contributed by atoms with Crippen LogP contribution in [0.3, 0.4) is 0 Å². The van der Waals surface area contributed by atoms with Crippen molar-refractivity contribution in [2.75, 3.05) is 32.8 Å². The highest BCUT2D eigenvalue weighted by Crippen LogP contribution is 2.48. The Bertz CT molecular complexity index is 1230. The SMILES string of the molecule is C[C@H](O)CNC[C@@H]1[C+]2C=C([C@@H](O)COc3cc(CC[C-]4C=C(CO)C(CCCCCCCN)[OH+]4)ccc3O)N=C2CC[C@H]2CCC[C@@H]21. The van der Waals surface area contributed by atoms with Crippen LogP contribution in [0.25, 0.3) is 0 Å². The first-order chi connectivity index (χ1) is 22.9. The first kappa shape index (κ1) is 35.8. The van der Waals surface area contributed by atoms with Crippen LogP contribution in [0.5, 0.6) is 11.5 Å². The summed E-state index contributed by atoms with van der Waals surface area (Å²) in [6.07, 6.45) is 17.8. The summed E-state index contributed by atoms with van der Waals surface area (Å²) in [6.45, 7) is 3.95. The molecule has 9 nitrogen and oxygen atoms in total. The first-order valence-corrected chi connectivity index (χ1v) is 18.1. The molecule has 0 radical (unpaired) electrons. The number of ether oxygens (including phenoxy) is 2. The Morgan fingerprint density at radius 3 is 2.79 bits per heavy atom. The Morgan fingerprint density at radius 2 is 1.98 bits per heavy atom. The van der Waals surface area contributed by atoms with Crippen molar-refractivity contribution in [2.45, 2.75) is 109 Å². The molecule has 2 saturated carbocycles. The van der Waals surface area contributed by atoms with E-state index in [0.717, 1.165) is 81.0 Å². The summed E-state index contributed by atoms with van der Waals surface area (Å²) in [6, 6.07) is 5.37. The van der Waals surface area contributed by atoms with Crippen molar-refractivity contribution < 1.29 is 29.9 Å². The third kappa shape index (κ3) is 9.77. The van der Waals surface area contributed by atoms with Crippen LogP contribution in [-0.2, 0) is 6.42 Å². The van der Waals surface area contributed by atoms with Gasteiger partial charge in [-0.1, -0.05) is 38.2 Å². The second kappa shape index (κ2) is 17.7. The lowest BCUT2D eigenvalue weighted by Gasteiger charge is -2.26. The number of hydrogen-bond acceptors (Lipinski definition) is 8. The number of nitrogens with zero attached hydrogens (tertiary/aromatic N) is 1. The van der Waals surface area contributed by atoms with Gasteiger partial charge in [0.25, 0.3) is 0 Å². The molecule has 1 aromatic rings. The van der Waals surface area contributed by atoms with E-state index < -0.39 is 12.2 Å². The molecule has 2 heterocycles. The molecule has 1 unspecified atom stereocenters. The minimum atomic E-state index is -0.914. The summed E-state index contributed by atoms with van der Waals surface area (Å²) in [5, 5.41) is 44.8. The van der Waals surface area contributed by atoms with Gasteiger partial charge in [0, 0.05) is 32.5 Å². The number of aliphatic hydroxyl groups excluding tert-OH is 3. The van der Waals surface area contributed by atoms with Crippen molar-refractivity contribution in [3.8, 4) is 11.5 Å². The normalized spacial score (nSPS) is 25.2. The van der Waals surface area contributed by atoms with Crippen molar-refractivity contribution >= 4 is 5.71 Å². The summed E-state index contributed by atoms with van der Waals surface area (Å²) < 4.78 is 10.9. The molecule has 2 aliphatic carbocycles. The molecule has 5 rings (SSSR count). The average Bonchev–Trinajstić information content (AvgIpc) is 3.79. The van der Waals surface area contributed by atoms with Gasteiger partial charge in [-0.15, -0.1) is 16.6 Å². The second-order valence-corrected chi connectivity index (χ2v) is 14.1. The molecule has 260 valence electrons. The fourth-order valence-electron chi connectivity index (χ4n) is 7.94. The molecule has 4 aliphatic rings. The van der Waals surface area contributed by atoms with E-state index in [9.17, 15) is 20.4 Å². The number of fused-ring (bicyclic) bond motifs is 2. The van der Waals surface area contributed by atoms with E-state index >= 15 is 0 Å². The lowest BCUT2D eigenvalue weighted by Crippen LogP contribution is -2.36. The van der Waals surface area contributed by atoms with Crippen molar-refractivity contribution in [1.29, 1.82) is 0 Å². The molecule has 6 atom stereocenters. The minimum absolute atomic E-state index is 0.00683. The fraction of sp³-hybridized carbons (Fsp3) is 0.658. The van der Waals surface area contributed by atoms with E-state index in [-0.39, 0.29) is 25.1 Å². The number of rotatable bonds is 19. The van der Waals surface area contributed by atoms with E-state index in [1.165, 1.54) is 44.4 Å². The largest absolute Gasteiger partial charge is 0.504 e. The van der Waals surface area contributed by atoms with Crippen LogP contribution in [0.15, 0.2) is 46.6 Å².